The van der Waals surface area contributed by atoms with Crippen molar-refractivity contribution in [1.29, 1.82) is 0 Å². The summed E-state index contributed by atoms with van der Waals surface area (Å²) in [6, 6.07) is 16.4. The summed E-state index contributed by atoms with van der Waals surface area (Å²) in [5.74, 6) is -0.146. The highest BCUT2D eigenvalue weighted by Gasteiger charge is 2.29. The lowest BCUT2D eigenvalue weighted by atomic mass is 9.90. The van der Waals surface area contributed by atoms with Crippen molar-refractivity contribution < 1.29 is 28.7 Å². The number of ether oxygens (including phenoxy) is 1. The standard InChI is InChI=1S/C42H51N9O6/c1-48(2)41(56)35-25-30-26-44-42(47-38(30)51(35)32-7-3-4-8-32)45-31-13-9-29(10-14-31)39(54)43-19-5-6-20-49-21-23-50(24-22-49)37(53)27-57-33-15-11-28(12-16-33)34-17-18-36(52)46-40(34)55/h9-16,25-26,32,34H,3-8,17-24,27H2,1-2H3,(H,43,54)(H,44,45,47)(H,46,52,55). The number of piperazine rings is 1. The number of amides is 5. The van der Waals surface area contributed by atoms with Crippen LogP contribution in [0.2, 0.25) is 0 Å². The van der Waals surface area contributed by atoms with Gasteiger partial charge in [-0.15, -0.1) is 0 Å². The summed E-state index contributed by atoms with van der Waals surface area (Å²) in [7, 11) is 3.52. The number of carbonyl (C=O) groups excluding carboxylic acids is 5. The van der Waals surface area contributed by atoms with Gasteiger partial charge in [0.2, 0.25) is 17.8 Å². The third-order valence-corrected chi connectivity index (χ3v) is 11.1. The Morgan fingerprint density at radius 3 is 2.37 bits per heavy atom. The maximum Gasteiger partial charge on any atom is 0.270 e. The number of benzene rings is 2. The Labute approximate surface area is 332 Å². The molecule has 0 radical (unpaired) electrons. The first-order chi connectivity index (χ1) is 27.6. The molecule has 15 heteroatoms. The van der Waals surface area contributed by atoms with Crippen molar-refractivity contribution >= 4 is 52.2 Å². The molecule has 15 nitrogen and oxygen atoms in total. The van der Waals surface area contributed by atoms with E-state index in [0.29, 0.717) is 55.4 Å². The van der Waals surface area contributed by atoms with Crippen LogP contribution in [-0.4, -0.2) is 119 Å². The first-order valence-corrected chi connectivity index (χ1v) is 19.9. The number of piperidine rings is 1. The minimum atomic E-state index is -0.357. The van der Waals surface area contributed by atoms with Crippen LogP contribution in [0.15, 0.2) is 60.8 Å². The molecule has 1 saturated carbocycles. The monoisotopic (exact) mass is 777 g/mol. The Kier molecular flexibility index (Phi) is 12.4. The highest BCUT2D eigenvalue weighted by atomic mass is 16.5. The molecule has 1 aliphatic carbocycles. The number of nitrogens with zero attached hydrogens (tertiary/aromatic N) is 6. The van der Waals surface area contributed by atoms with Crippen LogP contribution in [0.4, 0.5) is 11.6 Å². The first kappa shape index (κ1) is 39.4. The number of unbranched alkanes of at least 4 members (excludes halogenated alkanes) is 1. The van der Waals surface area contributed by atoms with Crippen LogP contribution < -0.4 is 20.7 Å². The Balaban J connectivity index is 0.798. The molecule has 5 amide bonds. The lowest BCUT2D eigenvalue weighted by Crippen LogP contribution is -2.50. The number of nitrogens with one attached hydrogen (secondary N) is 3. The largest absolute Gasteiger partial charge is 0.484 e. The van der Waals surface area contributed by atoms with E-state index in [0.717, 1.165) is 80.4 Å². The predicted octanol–water partition coefficient (Wildman–Crippen LogP) is 4.25. The number of anilines is 2. The van der Waals surface area contributed by atoms with E-state index in [1.165, 1.54) is 0 Å². The van der Waals surface area contributed by atoms with Gasteiger partial charge < -0.3 is 29.7 Å². The number of hydrogen-bond donors (Lipinski definition) is 3. The van der Waals surface area contributed by atoms with Crippen molar-refractivity contribution in [1.82, 2.24) is 39.9 Å². The van der Waals surface area contributed by atoms with Gasteiger partial charge in [0.25, 0.3) is 17.7 Å². The van der Waals surface area contributed by atoms with E-state index < -0.39 is 0 Å². The molecule has 4 aromatic rings. The van der Waals surface area contributed by atoms with Gasteiger partial charge in [-0.25, -0.2) is 4.98 Å². The summed E-state index contributed by atoms with van der Waals surface area (Å²) in [6.45, 7) is 4.22. The van der Waals surface area contributed by atoms with Crippen molar-refractivity contribution in [3.05, 3.63) is 77.6 Å². The molecule has 2 aromatic carbocycles. The third kappa shape index (κ3) is 9.59. The Hall–Kier alpha value is -5.83. The van der Waals surface area contributed by atoms with E-state index in [1.807, 2.05) is 35.2 Å². The van der Waals surface area contributed by atoms with Gasteiger partial charge >= 0.3 is 0 Å². The average molecular weight is 778 g/mol. The van der Waals surface area contributed by atoms with E-state index in [-0.39, 0.29) is 48.1 Å². The molecule has 3 N–H and O–H groups in total. The topological polar surface area (TPSA) is 171 Å². The Morgan fingerprint density at radius 2 is 1.67 bits per heavy atom. The van der Waals surface area contributed by atoms with E-state index >= 15 is 0 Å². The second kappa shape index (κ2) is 18.0. The lowest BCUT2D eigenvalue weighted by Gasteiger charge is -2.34. The lowest BCUT2D eigenvalue weighted by molar-refractivity contribution is -0.135. The summed E-state index contributed by atoms with van der Waals surface area (Å²) in [5, 5.41) is 9.48. The molecule has 3 aliphatic rings. The SMILES string of the molecule is CN(C)C(=O)c1cc2cnc(Nc3ccc(C(=O)NCCCCN4CCN(C(=O)COc5ccc(C6CCC(=O)NC6=O)cc5)CC4)cc3)nc2n1C1CCCC1. The molecule has 0 bridgehead atoms. The number of rotatable bonds is 14. The molecule has 2 saturated heterocycles. The summed E-state index contributed by atoms with van der Waals surface area (Å²) >= 11 is 0. The smallest absolute Gasteiger partial charge is 0.270 e. The second-order valence-corrected chi connectivity index (χ2v) is 15.3. The molecule has 57 heavy (non-hydrogen) atoms. The van der Waals surface area contributed by atoms with Crippen molar-refractivity contribution in [3.63, 3.8) is 0 Å². The molecule has 7 rings (SSSR count). The summed E-state index contributed by atoms with van der Waals surface area (Å²) in [5.41, 5.74) is 3.51. The van der Waals surface area contributed by atoms with Crippen LogP contribution in [-0.2, 0) is 14.4 Å². The number of aromatic nitrogens is 3. The summed E-state index contributed by atoms with van der Waals surface area (Å²) in [6.07, 6.45) is 8.62. The number of fused-ring (bicyclic) bond motifs is 1. The van der Waals surface area contributed by atoms with Gasteiger partial charge in [-0.2, -0.15) is 4.98 Å². The van der Waals surface area contributed by atoms with Gasteiger partial charge in [0.05, 0.1) is 5.92 Å². The van der Waals surface area contributed by atoms with Crippen molar-refractivity contribution in [2.24, 2.45) is 0 Å². The van der Waals surface area contributed by atoms with Gasteiger partial charge in [-0.1, -0.05) is 25.0 Å². The van der Waals surface area contributed by atoms with Crippen molar-refractivity contribution in [3.8, 4) is 5.75 Å². The van der Waals surface area contributed by atoms with Crippen LogP contribution in [0.3, 0.4) is 0 Å². The number of imide groups is 1. The van der Waals surface area contributed by atoms with Gasteiger partial charge in [-0.3, -0.25) is 34.2 Å². The molecule has 2 aliphatic heterocycles. The second-order valence-electron chi connectivity index (χ2n) is 15.3. The van der Waals surface area contributed by atoms with Gasteiger partial charge in [0, 0.05) is 82.1 Å². The molecule has 3 fully saturated rings. The highest BCUT2D eigenvalue weighted by molar-refractivity contribution is 6.01. The van der Waals surface area contributed by atoms with E-state index in [4.69, 9.17) is 9.72 Å². The van der Waals surface area contributed by atoms with Gasteiger partial charge in [-0.05, 0) is 86.7 Å². The summed E-state index contributed by atoms with van der Waals surface area (Å²) in [4.78, 5) is 77.4. The van der Waals surface area contributed by atoms with Gasteiger partial charge in [0.1, 0.15) is 17.1 Å². The van der Waals surface area contributed by atoms with Crippen LogP contribution in [0, 0.1) is 0 Å². The molecule has 300 valence electrons. The molecular formula is C42H51N9O6. The maximum atomic E-state index is 13.0. The van der Waals surface area contributed by atoms with Crippen LogP contribution in [0.25, 0.3) is 11.0 Å². The normalized spacial score (nSPS) is 17.7. The first-order valence-electron chi connectivity index (χ1n) is 19.9. The quantitative estimate of drug-likeness (QED) is 0.124. The van der Waals surface area contributed by atoms with Crippen molar-refractivity contribution in [2.75, 3.05) is 65.3 Å². The number of hydrogen-bond acceptors (Lipinski definition) is 10. The zero-order valence-corrected chi connectivity index (χ0v) is 32.7. The average Bonchev–Trinajstić information content (AvgIpc) is 3.88. The zero-order valence-electron chi connectivity index (χ0n) is 32.7. The Bertz CT molecular complexity index is 2090. The third-order valence-electron chi connectivity index (χ3n) is 11.1. The minimum absolute atomic E-state index is 0.0494. The maximum absolute atomic E-state index is 13.0. The minimum Gasteiger partial charge on any atom is -0.484 e. The van der Waals surface area contributed by atoms with Crippen molar-refractivity contribution in [2.45, 2.75) is 63.3 Å². The number of carbonyl (C=O) groups is 5. The summed E-state index contributed by atoms with van der Waals surface area (Å²) < 4.78 is 7.82. The van der Waals surface area contributed by atoms with Gasteiger partial charge in [0.15, 0.2) is 6.61 Å². The fraction of sp³-hybridized carbons (Fsp3) is 0.452. The molecule has 1 atom stereocenters. The van der Waals surface area contributed by atoms with E-state index in [2.05, 4.69) is 30.4 Å². The van der Waals surface area contributed by atoms with Crippen LogP contribution in [0.1, 0.15) is 89.7 Å². The molecule has 1 unspecified atom stereocenters. The Morgan fingerprint density at radius 1 is 0.930 bits per heavy atom. The highest BCUT2D eigenvalue weighted by Crippen LogP contribution is 2.35. The molecule has 0 spiro atoms. The van der Waals surface area contributed by atoms with Crippen LogP contribution in [0.5, 0.6) is 5.75 Å². The van der Waals surface area contributed by atoms with E-state index in [9.17, 15) is 24.0 Å². The zero-order chi connectivity index (χ0) is 39.9. The molecule has 4 heterocycles. The molecular weight excluding hydrogens is 727 g/mol. The predicted molar refractivity (Wildman–Crippen MR) is 214 cm³/mol. The fourth-order valence-electron chi connectivity index (χ4n) is 7.86. The van der Waals surface area contributed by atoms with Crippen LogP contribution >= 0.6 is 0 Å². The molecule has 2 aromatic heterocycles. The van der Waals surface area contributed by atoms with E-state index in [1.54, 1.807) is 49.5 Å². The fourth-order valence-corrected chi connectivity index (χ4v) is 7.86.